The number of piperidine rings is 2. The summed E-state index contributed by atoms with van der Waals surface area (Å²) in [5.74, 6) is -5.04. The molecule has 12 nitrogen and oxygen atoms in total. The Morgan fingerprint density at radius 2 is 1.12 bits per heavy atom. The normalized spacial score (nSPS) is 24.3. The molecule has 2 aliphatic rings. The number of carboxylic acid groups (broad SMARTS) is 2. The summed E-state index contributed by atoms with van der Waals surface area (Å²) < 4.78 is 9.80. The first-order valence-electron chi connectivity index (χ1n) is 10.8. The number of carbonyl (C=O) groups is 4. The molecule has 182 valence electrons. The van der Waals surface area contributed by atoms with Gasteiger partial charge < -0.3 is 29.9 Å². The van der Waals surface area contributed by atoms with Crippen LogP contribution in [-0.4, -0.2) is 119 Å². The van der Waals surface area contributed by atoms with Gasteiger partial charge in [-0.25, -0.2) is 9.59 Å². The van der Waals surface area contributed by atoms with Crippen molar-refractivity contribution in [1.82, 2.24) is 9.80 Å². The first-order chi connectivity index (χ1) is 15.2. The van der Waals surface area contributed by atoms with E-state index in [0.717, 1.165) is 0 Å². The number of rotatable bonds is 11. The second-order valence-corrected chi connectivity index (χ2v) is 8.18. The van der Waals surface area contributed by atoms with Gasteiger partial charge >= 0.3 is 23.9 Å². The Labute approximate surface area is 185 Å². The number of esters is 2. The second-order valence-electron chi connectivity index (χ2n) is 8.18. The topological polar surface area (TPSA) is 174 Å². The Hall–Kier alpha value is -2.28. The number of aliphatic carboxylic acids is 2. The van der Waals surface area contributed by atoms with Gasteiger partial charge in [0.2, 0.25) is 0 Å². The molecule has 2 heterocycles. The van der Waals surface area contributed by atoms with Crippen LogP contribution in [0, 0.1) is 11.8 Å². The van der Waals surface area contributed by atoms with Crippen molar-refractivity contribution < 1.29 is 49.1 Å². The van der Waals surface area contributed by atoms with Gasteiger partial charge in [0.05, 0.1) is 11.8 Å². The fourth-order valence-electron chi connectivity index (χ4n) is 3.90. The van der Waals surface area contributed by atoms with Gasteiger partial charge in [-0.2, -0.15) is 0 Å². The number of ether oxygens (including phenoxy) is 2. The molecule has 2 fully saturated rings. The molecule has 0 aliphatic carbocycles. The third-order valence-electron chi connectivity index (χ3n) is 5.80. The van der Waals surface area contributed by atoms with Crippen LogP contribution in [0.3, 0.4) is 0 Å². The number of hydrogen-bond donors (Lipinski definition) is 4. The molecule has 12 heteroatoms. The molecule has 32 heavy (non-hydrogen) atoms. The lowest BCUT2D eigenvalue weighted by Gasteiger charge is -2.30. The van der Waals surface area contributed by atoms with E-state index in [0.29, 0.717) is 51.9 Å². The molecule has 0 spiro atoms. The van der Waals surface area contributed by atoms with Crippen LogP contribution in [0.5, 0.6) is 0 Å². The van der Waals surface area contributed by atoms with Crippen molar-refractivity contribution >= 4 is 23.9 Å². The third kappa shape index (κ3) is 8.01. The molecule has 0 saturated carbocycles. The summed E-state index contributed by atoms with van der Waals surface area (Å²) in [5.41, 5.74) is 0. The van der Waals surface area contributed by atoms with Crippen LogP contribution in [0.25, 0.3) is 0 Å². The molecule has 2 unspecified atom stereocenters. The van der Waals surface area contributed by atoms with Crippen LogP contribution in [0.1, 0.15) is 25.7 Å². The molecular formula is C20H32N2O10. The fourth-order valence-corrected chi connectivity index (χ4v) is 3.90. The van der Waals surface area contributed by atoms with Crippen LogP contribution in [-0.2, 0) is 28.7 Å². The highest BCUT2D eigenvalue weighted by atomic mass is 16.6. The first-order valence-corrected chi connectivity index (χ1v) is 10.8. The van der Waals surface area contributed by atoms with Gasteiger partial charge in [-0.1, -0.05) is 0 Å². The molecule has 0 aromatic carbocycles. The highest BCUT2D eigenvalue weighted by Gasteiger charge is 2.33. The Balaban J connectivity index is 1.65. The smallest absolute Gasteiger partial charge is 0.338 e. The van der Waals surface area contributed by atoms with E-state index in [4.69, 9.17) is 19.7 Å². The van der Waals surface area contributed by atoms with E-state index < -0.39 is 47.9 Å². The zero-order valence-corrected chi connectivity index (χ0v) is 17.9. The lowest BCUT2D eigenvalue weighted by Crippen LogP contribution is -2.44. The molecule has 2 aliphatic heterocycles. The highest BCUT2D eigenvalue weighted by Crippen LogP contribution is 2.17. The van der Waals surface area contributed by atoms with Crippen molar-refractivity contribution in [2.24, 2.45) is 11.8 Å². The summed E-state index contributed by atoms with van der Waals surface area (Å²) in [7, 11) is 0. The van der Waals surface area contributed by atoms with Gasteiger partial charge in [0, 0.05) is 26.2 Å². The predicted octanol–water partition coefficient (Wildman–Crippen LogP) is -1.61. The average Bonchev–Trinajstić information content (AvgIpc) is 2.78. The average molecular weight is 460 g/mol. The molecule has 4 atom stereocenters. The number of nitrogens with zero attached hydrogens (tertiary/aromatic N) is 2. The van der Waals surface area contributed by atoms with Crippen LogP contribution >= 0.6 is 0 Å². The minimum atomic E-state index is -2.11. The number of aliphatic hydroxyl groups is 2. The number of carboxylic acids is 2. The minimum absolute atomic E-state index is 0.121. The van der Waals surface area contributed by atoms with Crippen LogP contribution in [0.15, 0.2) is 0 Å². The highest BCUT2D eigenvalue weighted by molar-refractivity contribution is 5.85. The van der Waals surface area contributed by atoms with Crippen LogP contribution in [0.4, 0.5) is 0 Å². The molecule has 0 radical (unpaired) electrons. The summed E-state index contributed by atoms with van der Waals surface area (Å²) >= 11 is 0. The molecule has 0 aromatic heterocycles. The van der Waals surface area contributed by atoms with Crippen LogP contribution < -0.4 is 0 Å². The Morgan fingerprint density at radius 3 is 1.47 bits per heavy atom. The quantitative estimate of drug-likeness (QED) is 0.260. The van der Waals surface area contributed by atoms with Crippen LogP contribution in [0.2, 0.25) is 0 Å². The van der Waals surface area contributed by atoms with Crippen molar-refractivity contribution in [3.63, 3.8) is 0 Å². The van der Waals surface area contributed by atoms with E-state index >= 15 is 0 Å². The van der Waals surface area contributed by atoms with E-state index in [1.807, 2.05) is 9.80 Å². The lowest BCUT2D eigenvalue weighted by molar-refractivity contribution is -0.173. The zero-order valence-electron chi connectivity index (χ0n) is 17.9. The van der Waals surface area contributed by atoms with Gasteiger partial charge in [-0.05, 0) is 38.8 Å². The summed E-state index contributed by atoms with van der Waals surface area (Å²) in [6.45, 7) is 2.33. The summed E-state index contributed by atoms with van der Waals surface area (Å²) in [5, 5.41) is 37.9. The molecular weight excluding hydrogens is 428 g/mol. The molecule has 0 aromatic rings. The van der Waals surface area contributed by atoms with Crippen molar-refractivity contribution in [3.05, 3.63) is 0 Å². The molecule has 0 bridgehead atoms. The number of hydrogen-bond acceptors (Lipinski definition) is 10. The van der Waals surface area contributed by atoms with E-state index in [2.05, 4.69) is 0 Å². The monoisotopic (exact) mass is 460 g/mol. The van der Waals surface area contributed by atoms with Crippen molar-refractivity contribution in [2.45, 2.75) is 37.9 Å². The lowest BCUT2D eigenvalue weighted by atomic mass is 9.98. The van der Waals surface area contributed by atoms with Crippen molar-refractivity contribution in [3.8, 4) is 0 Å². The number of aliphatic hydroxyl groups excluding tert-OH is 2. The molecule has 0 amide bonds. The maximum atomic E-state index is 11.9. The Kier molecular flexibility index (Phi) is 10.3. The van der Waals surface area contributed by atoms with Crippen molar-refractivity contribution in [2.75, 3.05) is 52.5 Å². The molecule has 4 N–H and O–H groups in total. The number of carbonyl (C=O) groups excluding carboxylic acids is 2. The standard InChI is InChI=1S/C20H32N2O10/c23-15(19(29)31-9-7-21-5-1-3-13(11-21)17(25)26)16(24)20(30)32-10-8-22-6-2-4-14(12-22)18(27)28/h13-16,23-24H,1-12H2,(H,25,26)(H,27,28)/t13-,14-,15?,16?/m0/s1. The molecule has 2 rings (SSSR count). The van der Waals surface area contributed by atoms with E-state index in [9.17, 15) is 29.4 Å². The summed E-state index contributed by atoms with van der Waals surface area (Å²) in [4.78, 5) is 49.6. The van der Waals surface area contributed by atoms with E-state index in [-0.39, 0.29) is 26.3 Å². The van der Waals surface area contributed by atoms with E-state index in [1.54, 1.807) is 0 Å². The maximum Gasteiger partial charge on any atom is 0.338 e. The Morgan fingerprint density at radius 1 is 0.750 bits per heavy atom. The van der Waals surface area contributed by atoms with Crippen molar-refractivity contribution in [1.29, 1.82) is 0 Å². The Bertz CT molecular complexity index is 617. The zero-order chi connectivity index (χ0) is 23.7. The molecule has 2 saturated heterocycles. The maximum absolute atomic E-state index is 11.9. The second kappa shape index (κ2) is 12.7. The predicted molar refractivity (Wildman–Crippen MR) is 108 cm³/mol. The summed E-state index contributed by atoms with van der Waals surface area (Å²) in [6, 6.07) is 0. The summed E-state index contributed by atoms with van der Waals surface area (Å²) in [6.07, 6.45) is -1.60. The third-order valence-corrected chi connectivity index (χ3v) is 5.80. The first kappa shape index (κ1) is 26.0. The van der Waals surface area contributed by atoms with Gasteiger partial charge in [0.1, 0.15) is 13.2 Å². The fraction of sp³-hybridized carbons (Fsp3) is 0.800. The van der Waals surface area contributed by atoms with Gasteiger partial charge in [-0.3, -0.25) is 19.4 Å². The van der Waals surface area contributed by atoms with Gasteiger partial charge in [-0.15, -0.1) is 0 Å². The largest absolute Gasteiger partial charge is 0.481 e. The van der Waals surface area contributed by atoms with Gasteiger partial charge in [0.15, 0.2) is 12.2 Å². The van der Waals surface area contributed by atoms with Gasteiger partial charge in [0.25, 0.3) is 0 Å². The van der Waals surface area contributed by atoms with E-state index in [1.165, 1.54) is 0 Å². The SMILES string of the molecule is O=C(OCCN1CCC[C@H](C(=O)O)C1)C(O)C(O)C(=O)OCCN1CCC[C@H](C(=O)O)C1. The number of likely N-dealkylation sites (tertiary alicyclic amines) is 2. The minimum Gasteiger partial charge on any atom is -0.481 e.